The highest BCUT2D eigenvalue weighted by Crippen LogP contribution is 2.25. The van der Waals surface area contributed by atoms with E-state index in [4.69, 9.17) is 5.73 Å². The highest BCUT2D eigenvalue weighted by Gasteiger charge is 2.23. The summed E-state index contributed by atoms with van der Waals surface area (Å²) < 4.78 is 0. The number of nitrogens with two attached hydrogens (primary N) is 1. The standard InChI is InChI=1S/C9H18N4O2/c1-5-7(9(10)13-12-5)8(15)6(14)3-4-11-2/h6,8,11,14-15H,3-4H2,1-2H3,(H3,10,12,13). The number of aliphatic hydroxyl groups excluding tert-OH is 2. The Hall–Kier alpha value is -1.11. The zero-order valence-corrected chi connectivity index (χ0v) is 8.99. The van der Waals surface area contributed by atoms with Crippen LogP contribution in [0.3, 0.4) is 0 Å². The van der Waals surface area contributed by atoms with Gasteiger partial charge in [-0.25, -0.2) is 0 Å². The first-order valence-corrected chi connectivity index (χ1v) is 4.89. The number of hydrogen-bond donors (Lipinski definition) is 5. The largest absolute Gasteiger partial charge is 0.390 e. The van der Waals surface area contributed by atoms with Crippen molar-refractivity contribution in [2.75, 3.05) is 19.3 Å². The van der Waals surface area contributed by atoms with Crippen LogP contribution in [0.15, 0.2) is 0 Å². The van der Waals surface area contributed by atoms with Crippen LogP contribution in [-0.4, -0.2) is 40.1 Å². The number of nitrogens with zero attached hydrogens (tertiary/aromatic N) is 1. The Morgan fingerprint density at radius 1 is 1.53 bits per heavy atom. The number of hydrogen-bond acceptors (Lipinski definition) is 5. The van der Waals surface area contributed by atoms with Crippen molar-refractivity contribution < 1.29 is 10.2 Å². The Balaban J connectivity index is 2.71. The van der Waals surface area contributed by atoms with Gasteiger partial charge in [-0.3, -0.25) is 5.10 Å². The second-order valence-corrected chi connectivity index (χ2v) is 3.55. The number of aryl methyl sites for hydroxylation is 1. The predicted octanol–water partition coefficient (Wildman–Crippen LogP) is -0.696. The number of rotatable bonds is 5. The molecule has 1 heterocycles. The molecule has 1 rings (SSSR count). The molecule has 2 atom stereocenters. The molecular weight excluding hydrogens is 196 g/mol. The molecule has 6 heteroatoms. The number of nitrogens with one attached hydrogen (secondary N) is 2. The molecule has 6 nitrogen and oxygen atoms in total. The minimum atomic E-state index is -0.989. The summed E-state index contributed by atoms with van der Waals surface area (Å²) in [5.74, 6) is 0.239. The van der Waals surface area contributed by atoms with Crippen molar-refractivity contribution in [2.24, 2.45) is 0 Å². The molecule has 0 bridgehead atoms. The van der Waals surface area contributed by atoms with Gasteiger partial charge in [-0.1, -0.05) is 0 Å². The summed E-state index contributed by atoms with van der Waals surface area (Å²) in [6.45, 7) is 2.39. The van der Waals surface area contributed by atoms with E-state index >= 15 is 0 Å². The molecule has 6 N–H and O–H groups in total. The van der Waals surface area contributed by atoms with Crippen LogP contribution in [0.1, 0.15) is 23.8 Å². The number of aliphatic hydroxyl groups is 2. The van der Waals surface area contributed by atoms with Gasteiger partial charge in [0, 0.05) is 11.3 Å². The lowest BCUT2D eigenvalue weighted by Crippen LogP contribution is -2.24. The van der Waals surface area contributed by atoms with Crippen LogP contribution in [0.25, 0.3) is 0 Å². The van der Waals surface area contributed by atoms with Crippen molar-refractivity contribution in [3.8, 4) is 0 Å². The van der Waals surface area contributed by atoms with E-state index < -0.39 is 12.2 Å². The zero-order chi connectivity index (χ0) is 11.4. The molecule has 0 aromatic carbocycles. The van der Waals surface area contributed by atoms with Gasteiger partial charge in [0.25, 0.3) is 0 Å². The SMILES string of the molecule is CNCCC(O)C(O)c1c(N)n[nH]c1C. The average Bonchev–Trinajstić information content (AvgIpc) is 2.54. The van der Waals surface area contributed by atoms with Gasteiger partial charge in [0.15, 0.2) is 5.82 Å². The van der Waals surface area contributed by atoms with Gasteiger partial charge >= 0.3 is 0 Å². The van der Waals surface area contributed by atoms with Crippen LogP contribution >= 0.6 is 0 Å². The molecule has 0 saturated heterocycles. The molecule has 0 fully saturated rings. The number of anilines is 1. The molecule has 1 aromatic rings. The Kier molecular flexibility index (Phi) is 4.07. The summed E-state index contributed by atoms with van der Waals surface area (Å²) in [5.41, 5.74) is 6.75. The first-order chi connectivity index (χ1) is 7.07. The third-order valence-corrected chi connectivity index (χ3v) is 2.37. The van der Waals surface area contributed by atoms with Gasteiger partial charge < -0.3 is 21.3 Å². The van der Waals surface area contributed by atoms with Gasteiger partial charge in [-0.05, 0) is 26.9 Å². The maximum absolute atomic E-state index is 9.85. The topological polar surface area (TPSA) is 107 Å². The van der Waals surface area contributed by atoms with Crippen molar-refractivity contribution in [3.63, 3.8) is 0 Å². The quantitative estimate of drug-likeness (QED) is 0.446. The van der Waals surface area contributed by atoms with Gasteiger partial charge in [0.05, 0.1) is 6.10 Å². The summed E-state index contributed by atoms with van der Waals surface area (Å²) in [6, 6.07) is 0. The maximum atomic E-state index is 9.85. The molecule has 0 aliphatic heterocycles. The van der Waals surface area contributed by atoms with E-state index in [0.717, 1.165) is 0 Å². The molecule has 86 valence electrons. The molecule has 15 heavy (non-hydrogen) atoms. The lowest BCUT2D eigenvalue weighted by molar-refractivity contribution is 0.0141. The Labute approximate surface area is 88.5 Å². The summed E-state index contributed by atoms with van der Waals surface area (Å²) >= 11 is 0. The average molecular weight is 214 g/mol. The number of aromatic nitrogens is 2. The van der Waals surface area contributed by atoms with E-state index in [1.807, 2.05) is 0 Å². The van der Waals surface area contributed by atoms with Crippen LogP contribution in [-0.2, 0) is 0 Å². The number of nitrogen functional groups attached to an aromatic ring is 1. The van der Waals surface area contributed by atoms with E-state index in [1.54, 1.807) is 14.0 Å². The highest BCUT2D eigenvalue weighted by molar-refractivity contribution is 5.43. The first kappa shape index (κ1) is 12.0. The molecule has 1 aromatic heterocycles. The molecule has 0 radical (unpaired) electrons. The lowest BCUT2D eigenvalue weighted by atomic mass is 10.0. The van der Waals surface area contributed by atoms with Crippen LogP contribution in [0.5, 0.6) is 0 Å². The summed E-state index contributed by atoms with van der Waals surface area (Å²) in [4.78, 5) is 0. The van der Waals surface area contributed by atoms with Crippen molar-refractivity contribution in [1.82, 2.24) is 15.5 Å². The predicted molar refractivity (Wildman–Crippen MR) is 57.2 cm³/mol. The van der Waals surface area contributed by atoms with Crippen LogP contribution in [0.4, 0.5) is 5.82 Å². The normalized spacial score (nSPS) is 15.2. The maximum Gasteiger partial charge on any atom is 0.151 e. The molecular formula is C9H18N4O2. The van der Waals surface area contributed by atoms with Gasteiger partial charge in [-0.2, -0.15) is 5.10 Å². The van der Waals surface area contributed by atoms with E-state index in [1.165, 1.54) is 0 Å². The van der Waals surface area contributed by atoms with Gasteiger partial charge in [-0.15, -0.1) is 0 Å². The van der Waals surface area contributed by atoms with Crippen molar-refractivity contribution >= 4 is 5.82 Å². The fraction of sp³-hybridized carbons (Fsp3) is 0.667. The smallest absolute Gasteiger partial charge is 0.151 e. The number of H-pyrrole nitrogens is 1. The zero-order valence-electron chi connectivity index (χ0n) is 8.99. The van der Waals surface area contributed by atoms with Gasteiger partial charge in [0.2, 0.25) is 0 Å². The second kappa shape index (κ2) is 5.11. The second-order valence-electron chi connectivity index (χ2n) is 3.55. The van der Waals surface area contributed by atoms with E-state index in [9.17, 15) is 10.2 Å². The third-order valence-electron chi connectivity index (χ3n) is 2.37. The Morgan fingerprint density at radius 3 is 2.67 bits per heavy atom. The first-order valence-electron chi connectivity index (χ1n) is 4.89. The molecule has 2 unspecified atom stereocenters. The fourth-order valence-electron chi connectivity index (χ4n) is 1.47. The highest BCUT2D eigenvalue weighted by atomic mass is 16.3. The summed E-state index contributed by atoms with van der Waals surface area (Å²) in [7, 11) is 1.79. The van der Waals surface area contributed by atoms with Gasteiger partial charge in [0.1, 0.15) is 6.10 Å². The van der Waals surface area contributed by atoms with Crippen LogP contribution < -0.4 is 11.1 Å². The number of aromatic amines is 1. The van der Waals surface area contributed by atoms with Crippen molar-refractivity contribution in [3.05, 3.63) is 11.3 Å². The lowest BCUT2D eigenvalue weighted by Gasteiger charge is -2.17. The minimum absolute atomic E-state index is 0.239. The fourth-order valence-corrected chi connectivity index (χ4v) is 1.47. The molecule has 0 saturated carbocycles. The molecule has 0 aliphatic rings. The minimum Gasteiger partial charge on any atom is -0.390 e. The summed E-state index contributed by atoms with van der Waals surface area (Å²) in [6.07, 6.45) is -1.37. The molecule has 0 aliphatic carbocycles. The van der Waals surface area contributed by atoms with E-state index in [-0.39, 0.29) is 5.82 Å². The van der Waals surface area contributed by atoms with Crippen molar-refractivity contribution in [2.45, 2.75) is 25.6 Å². The van der Waals surface area contributed by atoms with Crippen LogP contribution in [0.2, 0.25) is 0 Å². The van der Waals surface area contributed by atoms with Crippen LogP contribution in [0, 0.1) is 6.92 Å². The Morgan fingerprint density at radius 2 is 2.20 bits per heavy atom. The van der Waals surface area contributed by atoms with E-state index in [0.29, 0.717) is 24.2 Å². The summed E-state index contributed by atoms with van der Waals surface area (Å²) in [5, 5.41) is 28.9. The Bertz CT molecular complexity index is 294. The third kappa shape index (κ3) is 2.68. The molecule has 0 spiro atoms. The van der Waals surface area contributed by atoms with Crippen molar-refractivity contribution in [1.29, 1.82) is 0 Å². The van der Waals surface area contributed by atoms with E-state index in [2.05, 4.69) is 15.5 Å². The monoisotopic (exact) mass is 214 g/mol. The molecule has 0 amide bonds.